The summed E-state index contributed by atoms with van der Waals surface area (Å²) in [6.07, 6.45) is -3.57. The molecule has 0 saturated heterocycles. The minimum Gasteiger partial charge on any atom is -0.314 e. The van der Waals surface area contributed by atoms with E-state index in [1.54, 1.807) is 18.2 Å². The van der Waals surface area contributed by atoms with Crippen molar-refractivity contribution in [3.8, 4) is 0 Å². The summed E-state index contributed by atoms with van der Waals surface area (Å²) in [6.45, 7) is -0.423. The van der Waals surface area contributed by atoms with Crippen LogP contribution in [0, 0.1) is 0 Å². The molecule has 1 aromatic carbocycles. The van der Waals surface area contributed by atoms with E-state index >= 15 is 0 Å². The van der Waals surface area contributed by atoms with E-state index in [9.17, 15) is 26.4 Å². The Morgan fingerprint density at radius 2 is 1.70 bits per heavy atom. The Morgan fingerprint density at radius 3 is 2.30 bits per heavy atom. The van der Waals surface area contributed by atoms with E-state index in [-0.39, 0.29) is 18.0 Å². The summed E-state index contributed by atoms with van der Waals surface area (Å²) in [5.41, 5.74) is -2.50. The standard InChI is InChI=1S/C14H13F3N2O3S/c15-14(16,17)12-7-4-9-19(13(12)20)10-8-18-23(21,22)11-5-2-1-3-6-11/h1-7,9,18H,8,10H2. The van der Waals surface area contributed by atoms with Gasteiger partial charge in [-0.25, -0.2) is 13.1 Å². The number of pyridine rings is 1. The van der Waals surface area contributed by atoms with Crippen LogP contribution in [0.3, 0.4) is 0 Å². The number of aromatic nitrogens is 1. The van der Waals surface area contributed by atoms with Crippen molar-refractivity contribution in [3.63, 3.8) is 0 Å². The molecule has 0 bridgehead atoms. The molecule has 23 heavy (non-hydrogen) atoms. The van der Waals surface area contributed by atoms with Crippen molar-refractivity contribution in [1.29, 1.82) is 0 Å². The fourth-order valence-electron chi connectivity index (χ4n) is 1.91. The lowest BCUT2D eigenvalue weighted by Gasteiger charge is -2.11. The molecule has 0 spiro atoms. The van der Waals surface area contributed by atoms with Gasteiger partial charge in [0.05, 0.1) is 4.90 Å². The highest BCUT2D eigenvalue weighted by Crippen LogP contribution is 2.25. The molecule has 1 heterocycles. The first-order valence-electron chi connectivity index (χ1n) is 6.53. The van der Waals surface area contributed by atoms with Crippen molar-refractivity contribution in [2.45, 2.75) is 17.6 Å². The normalized spacial score (nSPS) is 12.3. The van der Waals surface area contributed by atoms with Crippen molar-refractivity contribution >= 4 is 10.0 Å². The number of rotatable bonds is 5. The second-order valence-electron chi connectivity index (χ2n) is 4.63. The lowest BCUT2D eigenvalue weighted by atomic mass is 10.2. The maximum absolute atomic E-state index is 12.6. The van der Waals surface area contributed by atoms with Crippen LogP contribution in [-0.4, -0.2) is 19.5 Å². The Labute approximate surface area is 130 Å². The number of alkyl halides is 3. The molecule has 9 heteroatoms. The summed E-state index contributed by atoms with van der Waals surface area (Å²) >= 11 is 0. The zero-order chi connectivity index (χ0) is 17.1. The fraction of sp³-hybridized carbons (Fsp3) is 0.214. The number of nitrogens with zero attached hydrogens (tertiary/aromatic N) is 1. The second kappa shape index (κ2) is 6.55. The SMILES string of the molecule is O=c1c(C(F)(F)F)cccn1CCNS(=O)(=O)c1ccccc1. The van der Waals surface area contributed by atoms with Crippen LogP contribution >= 0.6 is 0 Å². The predicted molar refractivity (Wildman–Crippen MR) is 77.3 cm³/mol. The molecule has 2 aromatic rings. The highest BCUT2D eigenvalue weighted by molar-refractivity contribution is 7.89. The van der Waals surface area contributed by atoms with Gasteiger partial charge in [-0.05, 0) is 24.3 Å². The third kappa shape index (κ3) is 4.20. The molecule has 2 rings (SSSR count). The van der Waals surface area contributed by atoms with E-state index in [0.29, 0.717) is 6.07 Å². The molecule has 0 amide bonds. The molecule has 0 aliphatic heterocycles. The minimum atomic E-state index is -4.75. The molecule has 124 valence electrons. The third-order valence-electron chi connectivity index (χ3n) is 3.02. The van der Waals surface area contributed by atoms with Gasteiger partial charge in [-0.15, -0.1) is 0 Å². The van der Waals surface area contributed by atoms with Gasteiger partial charge in [-0.2, -0.15) is 13.2 Å². The predicted octanol–water partition coefficient (Wildman–Crippen LogP) is 1.85. The fourth-order valence-corrected chi connectivity index (χ4v) is 2.95. The first kappa shape index (κ1) is 17.2. The number of hydrogen-bond donors (Lipinski definition) is 1. The smallest absolute Gasteiger partial charge is 0.314 e. The molecule has 1 N–H and O–H groups in total. The monoisotopic (exact) mass is 346 g/mol. The quantitative estimate of drug-likeness (QED) is 0.898. The average Bonchev–Trinajstić information content (AvgIpc) is 2.48. The third-order valence-corrected chi connectivity index (χ3v) is 4.50. The van der Waals surface area contributed by atoms with Crippen molar-refractivity contribution < 1.29 is 21.6 Å². The van der Waals surface area contributed by atoms with Gasteiger partial charge in [0.15, 0.2) is 0 Å². The summed E-state index contributed by atoms with van der Waals surface area (Å²) in [6, 6.07) is 9.30. The molecule has 1 aromatic heterocycles. The Bertz CT molecular complexity index is 830. The van der Waals surface area contributed by atoms with Crippen LogP contribution in [0.5, 0.6) is 0 Å². The van der Waals surface area contributed by atoms with Crippen LogP contribution in [0.1, 0.15) is 5.56 Å². The Balaban J connectivity index is 2.10. The Morgan fingerprint density at radius 1 is 1.04 bits per heavy atom. The molecule has 0 aliphatic carbocycles. The van der Waals surface area contributed by atoms with Gasteiger partial charge >= 0.3 is 6.18 Å². The Hall–Kier alpha value is -2.13. The molecule has 0 unspecified atom stereocenters. The maximum atomic E-state index is 12.6. The lowest BCUT2D eigenvalue weighted by molar-refractivity contribution is -0.139. The van der Waals surface area contributed by atoms with Crippen molar-refractivity contribution in [3.05, 3.63) is 64.6 Å². The Kier molecular flexibility index (Phi) is 4.90. The van der Waals surface area contributed by atoms with Gasteiger partial charge in [0.1, 0.15) is 5.56 Å². The largest absolute Gasteiger partial charge is 0.421 e. The van der Waals surface area contributed by atoms with Gasteiger partial charge in [0, 0.05) is 19.3 Å². The molecule has 0 atom stereocenters. The van der Waals surface area contributed by atoms with E-state index in [4.69, 9.17) is 0 Å². The molecule has 0 aliphatic rings. The van der Waals surface area contributed by atoms with Gasteiger partial charge in [0.25, 0.3) is 5.56 Å². The van der Waals surface area contributed by atoms with Crippen LogP contribution in [0.15, 0.2) is 58.4 Å². The lowest BCUT2D eigenvalue weighted by Crippen LogP contribution is -2.33. The van der Waals surface area contributed by atoms with Crippen LogP contribution in [0.2, 0.25) is 0 Å². The van der Waals surface area contributed by atoms with Crippen molar-refractivity contribution in [1.82, 2.24) is 9.29 Å². The van der Waals surface area contributed by atoms with Gasteiger partial charge in [-0.1, -0.05) is 18.2 Å². The van der Waals surface area contributed by atoms with Crippen LogP contribution < -0.4 is 10.3 Å². The number of halogens is 3. The van der Waals surface area contributed by atoms with Gasteiger partial charge < -0.3 is 4.57 Å². The van der Waals surface area contributed by atoms with E-state index in [1.165, 1.54) is 18.3 Å². The first-order valence-corrected chi connectivity index (χ1v) is 8.01. The van der Waals surface area contributed by atoms with Crippen molar-refractivity contribution in [2.24, 2.45) is 0 Å². The van der Waals surface area contributed by atoms with E-state index in [0.717, 1.165) is 10.6 Å². The molecular formula is C14H13F3N2O3S. The number of nitrogens with one attached hydrogen (secondary N) is 1. The highest BCUT2D eigenvalue weighted by Gasteiger charge is 2.34. The molecular weight excluding hydrogens is 333 g/mol. The summed E-state index contributed by atoms with van der Waals surface area (Å²) in [5, 5.41) is 0. The van der Waals surface area contributed by atoms with Crippen molar-refractivity contribution in [2.75, 3.05) is 6.54 Å². The summed E-state index contributed by atoms with van der Waals surface area (Å²) < 4.78 is 64.9. The van der Waals surface area contributed by atoms with E-state index < -0.39 is 27.3 Å². The summed E-state index contributed by atoms with van der Waals surface area (Å²) in [7, 11) is -3.77. The first-order chi connectivity index (χ1) is 10.7. The average molecular weight is 346 g/mol. The topological polar surface area (TPSA) is 68.2 Å². The highest BCUT2D eigenvalue weighted by atomic mass is 32.2. The van der Waals surface area contributed by atoms with Crippen LogP contribution in [0.25, 0.3) is 0 Å². The van der Waals surface area contributed by atoms with Gasteiger partial charge in [-0.3, -0.25) is 4.79 Å². The van der Waals surface area contributed by atoms with Gasteiger partial charge in [0.2, 0.25) is 10.0 Å². The summed E-state index contributed by atoms with van der Waals surface area (Å²) in [5.74, 6) is 0. The van der Waals surface area contributed by atoms with Crippen LogP contribution in [-0.2, 0) is 22.7 Å². The zero-order valence-corrected chi connectivity index (χ0v) is 12.6. The second-order valence-corrected chi connectivity index (χ2v) is 6.40. The minimum absolute atomic E-state index is 0.0383. The molecule has 0 saturated carbocycles. The van der Waals surface area contributed by atoms with E-state index in [1.807, 2.05) is 0 Å². The van der Waals surface area contributed by atoms with E-state index in [2.05, 4.69) is 4.72 Å². The zero-order valence-electron chi connectivity index (χ0n) is 11.7. The summed E-state index contributed by atoms with van der Waals surface area (Å²) in [4.78, 5) is 11.7. The molecule has 0 fully saturated rings. The number of benzene rings is 1. The maximum Gasteiger partial charge on any atom is 0.421 e. The molecule has 0 radical (unpaired) electrons. The number of hydrogen-bond acceptors (Lipinski definition) is 3. The number of sulfonamides is 1. The molecule has 5 nitrogen and oxygen atoms in total. The van der Waals surface area contributed by atoms with Crippen LogP contribution in [0.4, 0.5) is 13.2 Å².